The van der Waals surface area contributed by atoms with Crippen LogP contribution in [0.4, 0.5) is 0 Å². The fourth-order valence-corrected chi connectivity index (χ4v) is 2.81. The number of benzene rings is 2. The summed E-state index contributed by atoms with van der Waals surface area (Å²) in [5.41, 5.74) is 1.14. The van der Waals surface area contributed by atoms with Gasteiger partial charge in [0.05, 0.1) is 13.5 Å². The highest BCUT2D eigenvalue weighted by molar-refractivity contribution is 5.89. The van der Waals surface area contributed by atoms with Crippen molar-refractivity contribution in [3.63, 3.8) is 0 Å². The molecule has 1 heterocycles. The van der Waals surface area contributed by atoms with Crippen LogP contribution >= 0.6 is 0 Å². The molecule has 1 aliphatic rings. The van der Waals surface area contributed by atoms with Gasteiger partial charge in [-0.05, 0) is 23.8 Å². The minimum Gasteiger partial charge on any atom is -0.490 e. The lowest BCUT2D eigenvalue weighted by Crippen LogP contribution is -2.18. The normalized spacial score (nSPS) is 20.9. The first-order chi connectivity index (χ1) is 9.20. The van der Waals surface area contributed by atoms with Crippen molar-refractivity contribution in [3.05, 3.63) is 42.0 Å². The van der Waals surface area contributed by atoms with Crippen molar-refractivity contribution in [2.45, 2.75) is 25.4 Å². The van der Waals surface area contributed by atoms with Crippen molar-refractivity contribution >= 4 is 16.7 Å². The Morgan fingerprint density at radius 1 is 1.26 bits per heavy atom. The number of hydrogen-bond acceptors (Lipinski definition) is 3. The summed E-state index contributed by atoms with van der Waals surface area (Å²) in [6.07, 6.45) is 0.360. The number of hydrogen-bond donors (Lipinski definition) is 0. The molecular formula is C16H16O3. The molecule has 19 heavy (non-hydrogen) atoms. The SMILES string of the molecule is COC(=O)C[C@H]1c2c(ccc3ccccc23)O[C@@H]1C. The van der Waals surface area contributed by atoms with Crippen LogP contribution in [0.1, 0.15) is 24.8 Å². The van der Waals surface area contributed by atoms with Gasteiger partial charge < -0.3 is 9.47 Å². The molecule has 0 saturated heterocycles. The summed E-state index contributed by atoms with van der Waals surface area (Å²) in [5.74, 6) is 0.759. The molecule has 3 nitrogen and oxygen atoms in total. The summed E-state index contributed by atoms with van der Waals surface area (Å²) >= 11 is 0. The fraction of sp³-hybridized carbons (Fsp3) is 0.312. The zero-order chi connectivity index (χ0) is 13.4. The van der Waals surface area contributed by atoms with Gasteiger partial charge in [-0.25, -0.2) is 0 Å². The molecule has 2 aromatic carbocycles. The number of methoxy groups -OCH3 is 1. The van der Waals surface area contributed by atoms with E-state index < -0.39 is 0 Å². The Bertz CT molecular complexity index is 633. The number of fused-ring (bicyclic) bond motifs is 3. The Hall–Kier alpha value is -2.03. The largest absolute Gasteiger partial charge is 0.490 e. The summed E-state index contributed by atoms with van der Waals surface area (Å²) in [6, 6.07) is 12.2. The van der Waals surface area contributed by atoms with E-state index in [0.29, 0.717) is 6.42 Å². The van der Waals surface area contributed by atoms with Crippen molar-refractivity contribution < 1.29 is 14.3 Å². The lowest BCUT2D eigenvalue weighted by Gasteiger charge is -2.14. The number of carbonyl (C=O) groups is 1. The van der Waals surface area contributed by atoms with Gasteiger partial charge in [0.25, 0.3) is 0 Å². The third-order valence-corrected chi connectivity index (χ3v) is 3.80. The van der Waals surface area contributed by atoms with Gasteiger partial charge in [0.1, 0.15) is 11.9 Å². The maximum atomic E-state index is 11.6. The standard InChI is InChI=1S/C16H16O3/c1-10-13(9-15(17)18-2)16-12-6-4-3-5-11(12)7-8-14(16)19-10/h3-8,10,13H,9H2,1-2H3/t10-,13-/m1/s1. The van der Waals surface area contributed by atoms with Gasteiger partial charge in [-0.3, -0.25) is 4.79 Å². The molecule has 0 amide bonds. The average Bonchev–Trinajstić information content (AvgIpc) is 2.75. The van der Waals surface area contributed by atoms with Gasteiger partial charge in [0.15, 0.2) is 0 Å². The highest BCUT2D eigenvalue weighted by Crippen LogP contribution is 2.44. The Labute approximate surface area is 112 Å². The monoisotopic (exact) mass is 256 g/mol. The molecule has 0 saturated carbocycles. The third kappa shape index (κ3) is 1.95. The maximum absolute atomic E-state index is 11.6. The molecule has 3 rings (SSSR count). The van der Waals surface area contributed by atoms with E-state index in [1.165, 1.54) is 17.9 Å². The molecule has 98 valence electrons. The van der Waals surface area contributed by atoms with Crippen LogP contribution in [0.3, 0.4) is 0 Å². The van der Waals surface area contributed by atoms with E-state index >= 15 is 0 Å². The van der Waals surface area contributed by atoms with Crippen LogP contribution in [-0.4, -0.2) is 19.2 Å². The van der Waals surface area contributed by atoms with Gasteiger partial charge in [-0.1, -0.05) is 30.3 Å². The van der Waals surface area contributed by atoms with E-state index in [9.17, 15) is 4.79 Å². The summed E-state index contributed by atoms with van der Waals surface area (Å²) in [6.45, 7) is 2.00. The van der Waals surface area contributed by atoms with Crippen molar-refractivity contribution in [1.82, 2.24) is 0 Å². The predicted octanol–water partition coefficient (Wildman–Crippen LogP) is 3.27. The van der Waals surface area contributed by atoms with E-state index in [-0.39, 0.29) is 18.0 Å². The summed E-state index contributed by atoms with van der Waals surface area (Å²) < 4.78 is 10.7. The molecule has 1 aliphatic heterocycles. The van der Waals surface area contributed by atoms with E-state index in [0.717, 1.165) is 11.3 Å². The molecular weight excluding hydrogens is 240 g/mol. The van der Waals surface area contributed by atoms with Crippen LogP contribution in [0.5, 0.6) is 5.75 Å². The van der Waals surface area contributed by atoms with E-state index in [4.69, 9.17) is 9.47 Å². The maximum Gasteiger partial charge on any atom is 0.306 e. The van der Waals surface area contributed by atoms with Crippen molar-refractivity contribution in [2.24, 2.45) is 0 Å². The third-order valence-electron chi connectivity index (χ3n) is 3.80. The molecule has 0 fully saturated rings. The average molecular weight is 256 g/mol. The topological polar surface area (TPSA) is 35.5 Å². The van der Waals surface area contributed by atoms with E-state index in [1.54, 1.807) is 0 Å². The first-order valence-corrected chi connectivity index (χ1v) is 6.46. The summed E-state index contributed by atoms with van der Waals surface area (Å²) in [7, 11) is 1.42. The highest BCUT2D eigenvalue weighted by Gasteiger charge is 2.34. The Morgan fingerprint density at radius 3 is 2.84 bits per heavy atom. The quantitative estimate of drug-likeness (QED) is 0.774. The minimum absolute atomic E-state index is 0.0000869. The van der Waals surface area contributed by atoms with Crippen LogP contribution in [0.25, 0.3) is 10.8 Å². The van der Waals surface area contributed by atoms with Crippen molar-refractivity contribution in [1.29, 1.82) is 0 Å². The van der Waals surface area contributed by atoms with Crippen molar-refractivity contribution in [2.75, 3.05) is 7.11 Å². The molecule has 0 N–H and O–H groups in total. The molecule has 3 heteroatoms. The lowest BCUT2D eigenvalue weighted by atomic mass is 9.89. The second-order valence-corrected chi connectivity index (χ2v) is 4.91. The van der Waals surface area contributed by atoms with Gasteiger partial charge >= 0.3 is 5.97 Å². The van der Waals surface area contributed by atoms with E-state index in [1.807, 2.05) is 25.1 Å². The molecule has 0 bridgehead atoms. The molecule has 0 radical (unpaired) electrons. The minimum atomic E-state index is -0.193. The zero-order valence-electron chi connectivity index (χ0n) is 11.1. The Kier molecular flexibility index (Phi) is 2.90. The van der Waals surface area contributed by atoms with E-state index in [2.05, 4.69) is 18.2 Å². The molecule has 0 aliphatic carbocycles. The highest BCUT2D eigenvalue weighted by atomic mass is 16.5. The number of ether oxygens (including phenoxy) is 2. The van der Waals surface area contributed by atoms with Gasteiger partial charge in [-0.15, -0.1) is 0 Å². The van der Waals surface area contributed by atoms with Crippen LogP contribution in [0.2, 0.25) is 0 Å². The first-order valence-electron chi connectivity index (χ1n) is 6.46. The molecule has 0 aromatic heterocycles. The number of rotatable bonds is 2. The molecule has 0 spiro atoms. The van der Waals surface area contributed by atoms with Gasteiger partial charge in [0, 0.05) is 11.5 Å². The molecule has 0 unspecified atom stereocenters. The zero-order valence-corrected chi connectivity index (χ0v) is 11.1. The van der Waals surface area contributed by atoms with Crippen molar-refractivity contribution in [3.8, 4) is 5.75 Å². The van der Waals surface area contributed by atoms with Crippen LogP contribution in [0.15, 0.2) is 36.4 Å². The predicted molar refractivity (Wildman–Crippen MR) is 73.4 cm³/mol. The summed E-state index contributed by atoms with van der Waals surface area (Å²) in [4.78, 5) is 11.6. The molecule has 2 aromatic rings. The second-order valence-electron chi connectivity index (χ2n) is 4.91. The van der Waals surface area contributed by atoms with Gasteiger partial charge in [-0.2, -0.15) is 0 Å². The van der Waals surface area contributed by atoms with Crippen LogP contribution in [-0.2, 0) is 9.53 Å². The Balaban J connectivity index is 2.12. The summed E-state index contributed by atoms with van der Waals surface area (Å²) in [5, 5.41) is 2.34. The molecule has 2 atom stereocenters. The smallest absolute Gasteiger partial charge is 0.306 e. The van der Waals surface area contributed by atoms with Crippen LogP contribution in [0, 0.1) is 0 Å². The Morgan fingerprint density at radius 2 is 2.05 bits per heavy atom. The first kappa shape index (κ1) is 12.0. The fourth-order valence-electron chi connectivity index (χ4n) is 2.81. The van der Waals surface area contributed by atoms with Crippen LogP contribution < -0.4 is 4.74 Å². The number of carbonyl (C=O) groups excluding carboxylic acids is 1. The number of esters is 1. The lowest BCUT2D eigenvalue weighted by molar-refractivity contribution is -0.141. The second kappa shape index (κ2) is 4.57. The van der Waals surface area contributed by atoms with Gasteiger partial charge in [0.2, 0.25) is 0 Å².